The number of carbonyl (C=O) groups is 1. The Bertz CT molecular complexity index is 604. The molecule has 80 valence electrons. The summed E-state index contributed by atoms with van der Waals surface area (Å²) in [6.07, 6.45) is 4.01. The zero-order valence-corrected chi connectivity index (χ0v) is 10.3. The fourth-order valence-corrected chi connectivity index (χ4v) is 1.73. The number of aromatic nitrogens is 2. The van der Waals surface area contributed by atoms with Crippen LogP contribution >= 0.6 is 15.9 Å². The topological polar surface area (TPSA) is 45.8 Å². The molecule has 0 amide bonds. The number of rotatable bonds is 1. The van der Waals surface area contributed by atoms with Gasteiger partial charge >= 0.3 is 0 Å². The van der Waals surface area contributed by atoms with Crippen LogP contribution < -0.4 is 0 Å². The largest absolute Gasteiger partial charge is 0.345 e. The monoisotopic (exact) mass is 276 g/mol. The molecule has 2 rings (SSSR count). The molecule has 0 unspecified atom stereocenters. The molecule has 2 aromatic heterocycles. The van der Waals surface area contributed by atoms with Crippen LogP contribution in [0.1, 0.15) is 23.7 Å². The number of halogens is 1. The highest BCUT2D eigenvalue weighted by atomic mass is 79.9. The molecule has 0 aliphatic rings. The van der Waals surface area contributed by atoms with Gasteiger partial charge in [-0.1, -0.05) is 12.8 Å². The molecular weight excluding hydrogens is 268 g/mol. The van der Waals surface area contributed by atoms with Crippen LogP contribution in [0.3, 0.4) is 0 Å². The summed E-state index contributed by atoms with van der Waals surface area (Å²) in [7, 11) is 0. The normalized spacial score (nSPS) is 9.88. The predicted octanol–water partition coefficient (Wildman–Crippen LogP) is 2.92. The maximum absolute atomic E-state index is 11.8. The minimum absolute atomic E-state index is 0.173. The molecule has 2 heterocycles. The van der Waals surface area contributed by atoms with Crippen LogP contribution in [0.4, 0.5) is 0 Å². The molecule has 0 aliphatic heterocycles. The Morgan fingerprint density at radius 2 is 2.44 bits per heavy atom. The lowest BCUT2D eigenvalue weighted by atomic mass is 10.1. The van der Waals surface area contributed by atoms with Crippen molar-refractivity contribution in [3.63, 3.8) is 0 Å². The molecular formula is C12H9BrN2O. The van der Waals surface area contributed by atoms with E-state index in [1.807, 2.05) is 13.0 Å². The van der Waals surface area contributed by atoms with Gasteiger partial charge in [-0.25, -0.2) is 4.98 Å². The molecule has 0 saturated carbocycles. The van der Waals surface area contributed by atoms with E-state index in [1.54, 1.807) is 12.4 Å². The van der Waals surface area contributed by atoms with E-state index in [0.29, 0.717) is 17.6 Å². The van der Waals surface area contributed by atoms with Gasteiger partial charge in [0.05, 0.1) is 5.56 Å². The Morgan fingerprint density at radius 1 is 1.62 bits per heavy atom. The Kier molecular flexibility index (Phi) is 3.07. The van der Waals surface area contributed by atoms with Gasteiger partial charge in [-0.15, -0.1) is 0 Å². The number of pyridine rings is 1. The summed E-state index contributed by atoms with van der Waals surface area (Å²) in [5.41, 5.74) is 1.27. The smallest absolute Gasteiger partial charge is 0.238 e. The molecule has 1 N–H and O–H groups in total. The number of Topliss-reactive ketones (excluding diaryl/α,β-unsaturated/α-hetero) is 1. The molecule has 0 spiro atoms. The lowest BCUT2D eigenvalue weighted by Gasteiger charge is -1.92. The average Bonchev–Trinajstić information content (AvgIpc) is 2.68. The molecule has 0 saturated heterocycles. The summed E-state index contributed by atoms with van der Waals surface area (Å²) in [4.78, 5) is 18.9. The summed E-state index contributed by atoms with van der Waals surface area (Å²) in [5, 5.41) is 0.796. The highest BCUT2D eigenvalue weighted by molar-refractivity contribution is 9.10. The summed E-state index contributed by atoms with van der Waals surface area (Å²) in [6.45, 7) is 1.91. The van der Waals surface area contributed by atoms with Crippen molar-refractivity contribution in [2.75, 3.05) is 0 Å². The Balaban J connectivity index is 2.53. The van der Waals surface area contributed by atoms with E-state index >= 15 is 0 Å². The van der Waals surface area contributed by atoms with E-state index in [1.165, 1.54) is 0 Å². The van der Waals surface area contributed by atoms with E-state index in [-0.39, 0.29) is 5.78 Å². The standard InChI is InChI=1S/C12H9BrN2O/c1-2-3-4-11(16)10-7-15-12-9(10)5-8(13)6-14-12/h5-7H,2H2,1H3,(H,14,15). The molecule has 0 radical (unpaired) electrons. The fraction of sp³-hybridized carbons (Fsp3) is 0.167. The second-order valence-corrected chi connectivity index (χ2v) is 4.15. The van der Waals surface area contributed by atoms with Gasteiger partial charge in [0, 0.05) is 28.7 Å². The molecule has 4 heteroatoms. The first-order chi connectivity index (χ1) is 7.72. The second-order valence-electron chi connectivity index (χ2n) is 3.24. The van der Waals surface area contributed by atoms with Crippen molar-refractivity contribution in [3.05, 3.63) is 28.5 Å². The summed E-state index contributed by atoms with van der Waals surface area (Å²) >= 11 is 3.33. The van der Waals surface area contributed by atoms with Gasteiger partial charge in [-0.3, -0.25) is 4.79 Å². The Hall–Kier alpha value is -1.60. The van der Waals surface area contributed by atoms with E-state index in [2.05, 4.69) is 37.7 Å². The molecule has 2 aromatic rings. The number of ketones is 1. The lowest BCUT2D eigenvalue weighted by Crippen LogP contribution is -1.93. The first kappa shape index (κ1) is 10.9. The number of hydrogen-bond donors (Lipinski definition) is 1. The SMILES string of the molecule is CCC#CC(=O)c1c[nH]c2ncc(Br)cc12. The second kappa shape index (κ2) is 4.50. The Morgan fingerprint density at radius 3 is 3.19 bits per heavy atom. The van der Waals surface area contributed by atoms with Crippen LogP contribution in [0.5, 0.6) is 0 Å². The van der Waals surface area contributed by atoms with E-state index < -0.39 is 0 Å². The van der Waals surface area contributed by atoms with Crippen LogP contribution in [0.25, 0.3) is 11.0 Å². The van der Waals surface area contributed by atoms with Gasteiger partial charge in [-0.2, -0.15) is 0 Å². The van der Waals surface area contributed by atoms with Gasteiger partial charge in [0.1, 0.15) is 5.65 Å². The molecule has 0 aliphatic carbocycles. The molecule has 16 heavy (non-hydrogen) atoms. The number of aromatic amines is 1. The maximum Gasteiger partial charge on any atom is 0.238 e. The van der Waals surface area contributed by atoms with E-state index in [9.17, 15) is 4.79 Å². The zero-order valence-electron chi connectivity index (χ0n) is 8.67. The van der Waals surface area contributed by atoms with Gasteiger partial charge in [0.25, 0.3) is 0 Å². The van der Waals surface area contributed by atoms with Gasteiger partial charge < -0.3 is 4.98 Å². The number of carbonyl (C=O) groups excluding carboxylic acids is 1. The number of nitrogens with one attached hydrogen (secondary N) is 1. The Labute approximate surface area is 101 Å². The van der Waals surface area contributed by atoms with Crippen LogP contribution in [-0.4, -0.2) is 15.8 Å². The van der Waals surface area contributed by atoms with E-state index in [4.69, 9.17) is 0 Å². The molecule has 3 nitrogen and oxygen atoms in total. The third kappa shape index (κ3) is 2.00. The predicted molar refractivity (Wildman–Crippen MR) is 66.2 cm³/mol. The summed E-state index contributed by atoms with van der Waals surface area (Å²) in [5.74, 6) is 5.19. The van der Waals surface area contributed by atoms with Crippen molar-refractivity contribution < 1.29 is 4.79 Å². The first-order valence-corrected chi connectivity index (χ1v) is 5.67. The highest BCUT2D eigenvalue weighted by Gasteiger charge is 2.10. The third-order valence-corrected chi connectivity index (χ3v) is 2.55. The minimum Gasteiger partial charge on any atom is -0.345 e. The summed E-state index contributed by atoms with van der Waals surface area (Å²) in [6, 6.07) is 1.86. The summed E-state index contributed by atoms with van der Waals surface area (Å²) < 4.78 is 0.845. The van der Waals surface area contributed by atoms with E-state index in [0.717, 1.165) is 9.86 Å². The number of nitrogens with zero attached hydrogens (tertiary/aromatic N) is 1. The van der Waals surface area contributed by atoms with Crippen LogP contribution in [-0.2, 0) is 0 Å². The lowest BCUT2D eigenvalue weighted by molar-refractivity contribution is 0.105. The van der Waals surface area contributed by atoms with Crippen molar-refractivity contribution in [2.24, 2.45) is 0 Å². The van der Waals surface area contributed by atoms with Gasteiger partial charge in [0.15, 0.2) is 0 Å². The van der Waals surface area contributed by atoms with Crippen molar-refractivity contribution in [1.29, 1.82) is 0 Å². The van der Waals surface area contributed by atoms with Crippen molar-refractivity contribution >= 4 is 32.7 Å². The number of fused-ring (bicyclic) bond motifs is 1. The van der Waals surface area contributed by atoms with Crippen molar-refractivity contribution in [3.8, 4) is 11.8 Å². The quantitative estimate of drug-likeness (QED) is 0.495. The molecule has 0 aromatic carbocycles. The maximum atomic E-state index is 11.8. The fourth-order valence-electron chi connectivity index (χ4n) is 1.40. The third-order valence-electron chi connectivity index (χ3n) is 2.12. The van der Waals surface area contributed by atoms with Crippen molar-refractivity contribution in [1.82, 2.24) is 9.97 Å². The average molecular weight is 277 g/mol. The number of hydrogen-bond acceptors (Lipinski definition) is 2. The van der Waals surface area contributed by atoms with Crippen LogP contribution in [0.15, 0.2) is 22.9 Å². The van der Waals surface area contributed by atoms with Gasteiger partial charge in [0.2, 0.25) is 5.78 Å². The zero-order chi connectivity index (χ0) is 11.5. The molecule has 0 bridgehead atoms. The minimum atomic E-state index is -0.173. The van der Waals surface area contributed by atoms with Crippen LogP contribution in [0.2, 0.25) is 0 Å². The van der Waals surface area contributed by atoms with Gasteiger partial charge in [-0.05, 0) is 27.9 Å². The highest BCUT2D eigenvalue weighted by Crippen LogP contribution is 2.20. The number of H-pyrrole nitrogens is 1. The van der Waals surface area contributed by atoms with Crippen LogP contribution in [0, 0.1) is 11.8 Å². The first-order valence-electron chi connectivity index (χ1n) is 4.88. The molecule has 0 fully saturated rings. The molecule has 0 atom stereocenters. The van der Waals surface area contributed by atoms with Crippen molar-refractivity contribution in [2.45, 2.75) is 13.3 Å².